The van der Waals surface area contributed by atoms with Gasteiger partial charge in [0.15, 0.2) is 0 Å². The highest BCUT2D eigenvalue weighted by Crippen LogP contribution is 2.35. The van der Waals surface area contributed by atoms with Crippen LogP contribution in [0, 0.1) is 0 Å². The first-order chi connectivity index (χ1) is 10.7. The van der Waals surface area contributed by atoms with Crippen LogP contribution in [-0.2, 0) is 9.53 Å². The molecule has 1 heterocycles. The predicted octanol–water partition coefficient (Wildman–Crippen LogP) is 2.32. The van der Waals surface area contributed by atoms with E-state index in [4.69, 9.17) is 4.74 Å². The van der Waals surface area contributed by atoms with Gasteiger partial charge in [-0.1, -0.05) is 37.3 Å². The molecule has 0 bridgehead atoms. The molecule has 5 heteroatoms. The summed E-state index contributed by atoms with van der Waals surface area (Å²) in [6.45, 7) is 5.05. The molecular weight excluding hydrogens is 296 g/mol. The molecule has 0 spiro atoms. The summed E-state index contributed by atoms with van der Waals surface area (Å²) >= 11 is 1.99. The SMILES string of the molecule is COCCCNC(=O)CN1CCSC(C)C1c1ccccc1. The smallest absolute Gasteiger partial charge is 0.234 e. The van der Waals surface area contributed by atoms with Crippen molar-refractivity contribution in [2.75, 3.05) is 39.1 Å². The molecule has 1 aliphatic rings. The van der Waals surface area contributed by atoms with Crippen molar-refractivity contribution in [1.29, 1.82) is 0 Å². The molecule has 2 unspecified atom stereocenters. The summed E-state index contributed by atoms with van der Waals surface area (Å²) in [5.74, 6) is 1.19. The molecule has 0 saturated carbocycles. The lowest BCUT2D eigenvalue weighted by molar-refractivity contribution is -0.122. The summed E-state index contributed by atoms with van der Waals surface area (Å²) in [4.78, 5) is 14.5. The molecule has 2 atom stereocenters. The van der Waals surface area contributed by atoms with Crippen molar-refractivity contribution in [3.63, 3.8) is 0 Å². The monoisotopic (exact) mass is 322 g/mol. The Morgan fingerprint density at radius 1 is 1.41 bits per heavy atom. The van der Waals surface area contributed by atoms with Crippen molar-refractivity contribution in [3.05, 3.63) is 35.9 Å². The van der Waals surface area contributed by atoms with Gasteiger partial charge in [-0.2, -0.15) is 11.8 Å². The Morgan fingerprint density at radius 3 is 2.91 bits per heavy atom. The number of carbonyl (C=O) groups is 1. The van der Waals surface area contributed by atoms with Gasteiger partial charge in [0.2, 0.25) is 5.91 Å². The Kier molecular flexibility index (Phi) is 7.22. The van der Waals surface area contributed by atoms with E-state index in [0.717, 1.165) is 18.7 Å². The summed E-state index contributed by atoms with van der Waals surface area (Å²) in [5.41, 5.74) is 1.30. The van der Waals surface area contributed by atoms with Crippen molar-refractivity contribution < 1.29 is 9.53 Å². The molecule has 1 saturated heterocycles. The summed E-state index contributed by atoms with van der Waals surface area (Å²) in [7, 11) is 1.68. The predicted molar refractivity (Wildman–Crippen MR) is 92.2 cm³/mol. The standard InChI is InChI=1S/C17H26N2O2S/c1-14-17(15-7-4-3-5-8-15)19(10-12-22-14)13-16(20)18-9-6-11-21-2/h3-5,7-8,14,17H,6,9-13H2,1-2H3,(H,18,20). The Labute approximate surface area is 137 Å². The van der Waals surface area contributed by atoms with E-state index in [1.165, 1.54) is 5.56 Å². The van der Waals surface area contributed by atoms with Crippen LogP contribution in [0.15, 0.2) is 30.3 Å². The number of hydrogen-bond acceptors (Lipinski definition) is 4. The maximum atomic E-state index is 12.2. The number of methoxy groups -OCH3 is 1. The number of thioether (sulfide) groups is 1. The van der Waals surface area contributed by atoms with E-state index < -0.39 is 0 Å². The molecule has 2 rings (SSSR count). The lowest BCUT2D eigenvalue weighted by atomic mass is 10.0. The highest BCUT2D eigenvalue weighted by atomic mass is 32.2. The first-order valence-corrected chi connectivity index (χ1v) is 8.93. The second kappa shape index (κ2) is 9.18. The van der Waals surface area contributed by atoms with Gasteiger partial charge >= 0.3 is 0 Å². The molecule has 122 valence electrons. The maximum Gasteiger partial charge on any atom is 0.234 e. The lowest BCUT2D eigenvalue weighted by Gasteiger charge is -2.39. The minimum absolute atomic E-state index is 0.108. The molecule has 0 radical (unpaired) electrons. The molecule has 1 aromatic carbocycles. The van der Waals surface area contributed by atoms with Crippen molar-refractivity contribution in [3.8, 4) is 0 Å². The van der Waals surface area contributed by atoms with Crippen LogP contribution in [0.4, 0.5) is 0 Å². The first-order valence-electron chi connectivity index (χ1n) is 7.88. The third kappa shape index (κ3) is 5.00. The largest absolute Gasteiger partial charge is 0.385 e. The minimum Gasteiger partial charge on any atom is -0.385 e. The van der Waals surface area contributed by atoms with Gasteiger partial charge in [-0.15, -0.1) is 0 Å². The number of nitrogens with one attached hydrogen (secondary N) is 1. The second-order valence-electron chi connectivity index (χ2n) is 5.60. The number of nitrogens with zero attached hydrogens (tertiary/aromatic N) is 1. The molecule has 1 aliphatic heterocycles. The van der Waals surface area contributed by atoms with Crippen LogP contribution < -0.4 is 5.32 Å². The zero-order valence-corrected chi connectivity index (χ0v) is 14.3. The number of ether oxygens (including phenoxy) is 1. The van der Waals surface area contributed by atoms with Crippen molar-refractivity contribution in [2.24, 2.45) is 0 Å². The molecular formula is C17H26N2O2S. The normalized spacial score (nSPS) is 22.5. The fraction of sp³-hybridized carbons (Fsp3) is 0.588. The van der Waals surface area contributed by atoms with Gasteiger partial charge in [0, 0.05) is 43.9 Å². The van der Waals surface area contributed by atoms with E-state index in [0.29, 0.717) is 31.0 Å². The Hall–Kier alpha value is -1.04. The van der Waals surface area contributed by atoms with Crippen LogP contribution in [0.5, 0.6) is 0 Å². The van der Waals surface area contributed by atoms with Gasteiger partial charge in [0.05, 0.1) is 6.54 Å². The third-order valence-corrected chi connectivity index (χ3v) is 5.13. The highest BCUT2D eigenvalue weighted by Gasteiger charge is 2.31. The molecule has 0 aliphatic carbocycles. The summed E-state index contributed by atoms with van der Waals surface area (Å²) in [6.07, 6.45) is 0.858. The van der Waals surface area contributed by atoms with E-state index >= 15 is 0 Å². The van der Waals surface area contributed by atoms with Gasteiger partial charge in [0.25, 0.3) is 0 Å². The van der Waals surface area contributed by atoms with E-state index in [1.807, 2.05) is 17.8 Å². The lowest BCUT2D eigenvalue weighted by Crippen LogP contribution is -2.45. The van der Waals surface area contributed by atoms with Crippen LogP contribution in [0.3, 0.4) is 0 Å². The molecule has 1 N–H and O–H groups in total. The van der Waals surface area contributed by atoms with Crippen molar-refractivity contribution in [2.45, 2.75) is 24.6 Å². The highest BCUT2D eigenvalue weighted by molar-refractivity contribution is 8.00. The topological polar surface area (TPSA) is 41.6 Å². The molecule has 1 amide bonds. The fourth-order valence-electron chi connectivity index (χ4n) is 2.88. The van der Waals surface area contributed by atoms with Crippen LogP contribution in [0.1, 0.15) is 24.9 Å². The maximum absolute atomic E-state index is 12.2. The summed E-state index contributed by atoms with van der Waals surface area (Å²) in [6, 6.07) is 10.8. The number of rotatable bonds is 7. The zero-order valence-electron chi connectivity index (χ0n) is 13.5. The van der Waals surface area contributed by atoms with Crippen LogP contribution >= 0.6 is 11.8 Å². The van der Waals surface area contributed by atoms with E-state index in [1.54, 1.807) is 7.11 Å². The molecule has 1 fully saturated rings. The van der Waals surface area contributed by atoms with Crippen LogP contribution in [0.2, 0.25) is 0 Å². The quantitative estimate of drug-likeness (QED) is 0.782. The number of benzene rings is 1. The van der Waals surface area contributed by atoms with Gasteiger partial charge < -0.3 is 10.1 Å². The van der Waals surface area contributed by atoms with E-state index in [9.17, 15) is 4.79 Å². The van der Waals surface area contributed by atoms with Gasteiger partial charge in [-0.3, -0.25) is 9.69 Å². The van der Waals surface area contributed by atoms with E-state index in [2.05, 4.69) is 41.4 Å². The third-order valence-electron chi connectivity index (χ3n) is 3.93. The molecule has 1 aromatic rings. The average molecular weight is 322 g/mol. The Balaban J connectivity index is 1.93. The fourth-order valence-corrected chi connectivity index (χ4v) is 4.10. The van der Waals surface area contributed by atoms with Crippen LogP contribution in [-0.4, -0.2) is 55.2 Å². The number of hydrogen-bond donors (Lipinski definition) is 1. The minimum atomic E-state index is 0.108. The van der Waals surface area contributed by atoms with Gasteiger partial charge in [-0.25, -0.2) is 0 Å². The molecule has 0 aromatic heterocycles. The molecule has 22 heavy (non-hydrogen) atoms. The number of carbonyl (C=O) groups excluding carboxylic acids is 1. The molecule has 4 nitrogen and oxygen atoms in total. The zero-order chi connectivity index (χ0) is 15.8. The Bertz CT molecular complexity index is 455. The first kappa shape index (κ1) is 17.3. The van der Waals surface area contributed by atoms with E-state index in [-0.39, 0.29) is 5.91 Å². The van der Waals surface area contributed by atoms with Gasteiger partial charge in [0.1, 0.15) is 0 Å². The van der Waals surface area contributed by atoms with Crippen molar-refractivity contribution in [1.82, 2.24) is 10.2 Å². The van der Waals surface area contributed by atoms with Crippen LogP contribution in [0.25, 0.3) is 0 Å². The van der Waals surface area contributed by atoms with Gasteiger partial charge in [-0.05, 0) is 12.0 Å². The average Bonchev–Trinajstić information content (AvgIpc) is 2.53. The summed E-state index contributed by atoms with van der Waals surface area (Å²) < 4.78 is 5.00. The second-order valence-corrected chi connectivity index (χ2v) is 7.08. The number of amides is 1. The van der Waals surface area contributed by atoms with Crippen molar-refractivity contribution >= 4 is 17.7 Å². The Morgan fingerprint density at radius 2 is 2.18 bits per heavy atom. The summed E-state index contributed by atoms with van der Waals surface area (Å²) in [5, 5.41) is 3.48.